The molecule has 27 heavy (non-hydrogen) atoms. The van der Waals surface area contributed by atoms with Crippen LogP contribution in [0.25, 0.3) is 0 Å². The fraction of sp³-hybridized carbons (Fsp3) is 0.696. The van der Waals surface area contributed by atoms with E-state index in [2.05, 4.69) is 55.1 Å². The van der Waals surface area contributed by atoms with Crippen molar-refractivity contribution < 1.29 is 4.79 Å². The summed E-state index contributed by atoms with van der Waals surface area (Å²) in [5.74, 6) is 3.09. The quantitative estimate of drug-likeness (QED) is 0.647. The molecule has 4 heteroatoms. The number of hydrogen-bond donors (Lipinski definition) is 2. The van der Waals surface area contributed by atoms with Gasteiger partial charge in [0.05, 0.1) is 0 Å². The Labute approximate surface area is 169 Å². The first-order valence-corrected chi connectivity index (χ1v) is 11.4. The van der Waals surface area contributed by atoms with Crippen molar-refractivity contribution in [2.24, 2.45) is 23.7 Å². The maximum absolute atomic E-state index is 13.1. The molecule has 3 nitrogen and oxygen atoms in total. The zero-order valence-corrected chi connectivity index (χ0v) is 18.4. The van der Waals surface area contributed by atoms with Crippen LogP contribution in [0.1, 0.15) is 65.4 Å². The maximum atomic E-state index is 13.1. The second kappa shape index (κ2) is 8.57. The summed E-state index contributed by atoms with van der Waals surface area (Å²) in [6.45, 7) is 10.7. The smallest absolute Gasteiger partial charge is 0.240 e. The van der Waals surface area contributed by atoms with Gasteiger partial charge < -0.3 is 5.32 Å². The molecule has 0 heterocycles. The summed E-state index contributed by atoms with van der Waals surface area (Å²) in [4.78, 5) is 14.3. The number of rotatable bonds is 6. The van der Waals surface area contributed by atoms with E-state index < -0.39 is 5.54 Å². The molecule has 0 spiro atoms. The minimum atomic E-state index is -0.607. The van der Waals surface area contributed by atoms with Crippen molar-refractivity contribution in [3.8, 4) is 0 Å². The molecule has 2 bridgehead atoms. The molecule has 5 atom stereocenters. The molecule has 2 saturated carbocycles. The topological polar surface area (TPSA) is 41.1 Å². The van der Waals surface area contributed by atoms with E-state index in [1.165, 1.54) is 31.2 Å². The Hall–Kier alpha value is -1.00. The summed E-state index contributed by atoms with van der Waals surface area (Å²) < 4.78 is 3.39. The molecule has 2 N–H and O–H groups in total. The first-order chi connectivity index (χ1) is 12.8. The number of benzene rings is 1. The Kier molecular flexibility index (Phi) is 6.58. The fourth-order valence-electron chi connectivity index (χ4n) is 5.15. The highest BCUT2D eigenvalue weighted by Crippen LogP contribution is 2.46. The van der Waals surface area contributed by atoms with Crippen LogP contribution >= 0.6 is 11.9 Å². The van der Waals surface area contributed by atoms with Crippen LogP contribution in [0.5, 0.6) is 0 Å². The van der Waals surface area contributed by atoms with E-state index in [-0.39, 0.29) is 5.91 Å². The number of nitrogens with one attached hydrogen (secondary N) is 2. The number of amides is 1. The lowest BCUT2D eigenvalue weighted by atomic mass is 9.62. The molecule has 0 radical (unpaired) electrons. The molecule has 0 aliphatic heterocycles. The zero-order valence-electron chi connectivity index (χ0n) is 17.5. The van der Waals surface area contributed by atoms with Gasteiger partial charge in [0.1, 0.15) is 5.54 Å². The second-order valence-corrected chi connectivity index (χ2v) is 10.4. The van der Waals surface area contributed by atoms with Gasteiger partial charge >= 0.3 is 0 Å². The minimum absolute atomic E-state index is 0.128. The molecule has 2 fully saturated rings. The molecular formula is C23H36N2OS. The number of aryl methyl sites for hydroxylation is 1. The fourth-order valence-corrected chi connectivity index (χ4v) is 6.00. The van der Waals surface area contributed by atoms with Gasteiger partial charge in [0.2, 0.25) is 5.91 Å². The lowest BCUT2D eigenvalue weighted by Crippen LogP contribution is -2.58. The van der Waals surface area contributed by atoms with Crippen molar-refractivity contribution in [1.82, 2.24) is 10.0 Å². The van der Waals surface area contributed by atoms with Crippen molar-refractivity contribution in [2.75, 3.05) is 0 Å². The molecule has 0 saturated heterocycles. The third kappa shape index (κ3) is 5.08. The Bertz CT molecular complexity index is 658. The summed E-state index contributed by atoms with van der Waals surface area (Å²) in [5, 5.41) is 3.47. The summed E-state index contributed by atoms with van der Waals surface area (Å²) >= 11 is 1.55. The SMILES string of the molecule is CCC1CC2CC(C)CC(C2)C1NC(=O)C(C)(C)NSc1cccc(C)c1. The Morgan fingerprint density at radius 2 is 2.00 bits per heavy atom. The Morgan fingerprint density at radius 1 is 1.22 bits per heavy atom. The third-order valence-electron chi connectivity index (χ3n) is 6.53. The molecule has 1 amide bonds. The van der Waals surface area contributed by atoms with Gasteiger partial charge in [-0.25, -0.2) is 4.72 Å². The van der Waals surface area contributed by atoms with E-state index in [9.17, 15) is 4.79 Å². The average molecular weight is 389 g/mol. The molecule has 3 rings (SSSR count). The van der Waals surface area contributed by atoms with Gasteiger partial charge in [-0.05, 0) is 99.8 Å². The second-order valence-electron chi connectivity index (χ2n) is 9.49. The summed E-state index contributed by atoms with van der Waals surface area (Å²) in [5.41, 5.74) is 0.627. The van der Waals surface area contributed by atoms with Crippen LogP contribution in [0.15, 0.2) is 29.2 Å². The standard InChI is InChI=1S/C23H36N2OS/c1-6-18-13-17-10-16(3)11-19(14-17)21(18)24-22(26)23(4,5)25-27-20-9-7-8-15(2)12-20/h7-9,12,16-19,21,25H,6,10-11,13-14H2,1-5H3,(H,24,26). The Morgan fingerprint density at radius 3 is 2.70 bits per heavy atom. The highest BCUT2D eigenvalue weighted by Gasteiger charge is 2.43. The number of carbonyl (C=O) groups excluding carboxylic acids is 1. The van der Waals surface area contributed by atoms with Gasteiger partial charge in [-0.3, -0.25) is 4.79 Å². The van der Waals surface area contributed by atoms with Crippen LogP contribution in [0.3, 0.4) is 0 Å². The van der Waals surface area contributed by atoms with E-state index in [1.54, 1.807) is 11.9 Å². The van der Waals surface area contributed by atoms with Gasteiger partial charge in [0, 0.05) is 10.9 Å². The number of carbonyl (C=O) groups is 1. The lowest BCUT2D eigenvalue weighted by molar-refractivity contribution is -0.128. The molecule has 150 valence electrons. The van der Waals surface area contributed by atoms with Crippen LogP contribution in [-0.4, -0.2) is 17.5 Å². The van der Waals surface area contributed by atoms with Crippen LogP contribution in [0, 0.1) is 30.6 Å². The van der Waals surface area contributed by atoms with E-state index in [0.29, 0.717) is 17.9 Å². The van der Waals surface area contributed by atoms with Crippen LogP contribution in [-0.2, 0) is 4.79 Å². The van der Waals surface area contributed by atoms with Crippen molar-refractivity contribution in [1.29, 1.82) is 0 Å². The highest BCUT2D eigenvalue weighted by molar-refractivity contribution is 7.97. The van der Waals surface area contributed by atoms with Crippen molar-refractivity contribution >= 4 is 17.9 Å². The van der Waals surface area contributed by atoms with Crippen LogP contribution < -0.4 is 10.0 Å². The van der Waals surface area contributed by atoms with Gasteiger partial charge in [-0.15, -0.1) is 0 Å². The van der Waals surface area contributed by atoms with E-state index in [1.807, 2.05) is 13.8 Å². The molecule has 2 aliphatic rings. The number of hydrogen-bond acceptors (Lipinski definition) is 3. The average Bonchev–Trinajstić information content (AvgIpc) is 2.61. The van der Waals surface area contributed by atoms with Gasteiger partial charge in [0.15, 0.2) is 0 Å². The van der Waals surface area contributed by atoms with Crippen molar-refractivity contribution in [3.63, 3.8) is 0 Å². The monoisotopic (exact) mass is 388 g/mol. The molecular weight excluding hydrogens is 352 g/mol. The highest BCUT2D eigenvalue weighted by atomic mass is 32.2. The third-order valence-corrected chi connectivity index (χ3v) is 7.63. The summed E-state index contributed by atoms with van der Waals surface area (Å²) in [6.07, 6.45) is 6.40. The molecule has 1 aromatic rings. The zero-order chi connectivity index (χ0) is 19.6. The predicted octanol–water partition coefficient (Wildman–Crippen LogP) is 5.34. The maximum Gasteiger partial charge on any atom is 0.240 e. The van der Waals surface area contributed by atoms with Crippen molar-refractivity contribution in [3.05, 3.63) is 29.8 Å². The molecule has 1 aromatic carbocycles. The van der Waals surface area contributed by atoms with Gasteiger partial charge in [0.25, 0.3) is 0 Å². The van der Waals surface area contributed by atoms with Crippen LogP contribution in [0.2, 0.25) is 0 Å². The molecule has 2 aliphatic carbocycles. The first kappa shape index (κ1) is 20.7. The van der Waals surface area contributed by atoms with Crippen molar-refractivity contribution in [2.45, 2.75) is 83.2 Å². The predicted molar refractivity (Wildman–Crippen MR) is 115 cm³/mol. The van der Waals surface area contributed by atoms with Gasteiger partial charge in [-0.1, -0.05) is 32.4 Å². The first-order valence-electron chi connectivity index (χ1n) is 10.6. The van der Waals surface area contributed by atoms with E-state index in [0.717, 1.165) is 23.2 Å². The summed E-state index contributed by atoms with van der Waals surface area (Å²) in [6, 6.07) is 8.71. The van der Waals surface area contributed by atoms with Crippen LogP contribution in [0.4, 0.5) is 0 Å². The normalized spacial score (nSPS) is 30.8. The summed E-state index contributed by atoms with van der Waals surface area (Å²) in [7, 11) is 0. The van der Waals surface area contributed by atoms with E-state index >= 15 is 0 Å². The molecule has 0 aromatic heterocycles. The lowest BCUT2D eigenvalue weighted by Gasteiger charge is -2.48. The Balaban J connectivity index is 1.63. The number of fused-ring (bicyclic) bond motifs is 2. The van der Waals surface area contributed by atoms with E-state index in [4.69, 9.17) is 0 Å². The van der Waals surface area contributed by atoms with Gasteiger partial charge in [-0.2, -0.15) is 0 Å². The molecule has 5 unspecified atom stereocenters. The minimum Gasteiger partial charge on any atom is -0.351 e. The largest absolute Gasteiger partial charge is 0.351 e.